The molecule has 0 bridgehead atoms. The molecule has 222 valence electrons. The minimum atomic E-state index is -1.50. The molecular weight excluding hydrogens is 606 g/mol. The number of carboxylic acid groups (broad SMARTS) is 1. The zero-order valence-electron chi connectivity index (χ0n) is 21.5. The minimum absolute atomic E-state index is 0. The molecule has 0 spiro atoms. The number of unbranched alkanes of at least 4 members (excludes halogenated alkanes) is 1. The van der Waals surface area contributed by atoms with Crippen LogP contribution >= 0.6 is 35.3 Å². The second-order valence-corrected chi connectivity index (χ2v) is 10.6. The first-order chi connectivity index (χ1) is 19.2. The number of carboxylic acids is 1. The number of rotatable bonds is 12. The number of carbonyl (C=O) groups is 5. The molecule has 2 aliphatic heterocycles. The van der Waals surface area contributed by atoms with E-state index >= 15 is 4.39 Å². The van der Waals surface area contributed by atoms with Gasteiger partial charge in [0.15, 0.2) is 6.17 Å². The third-order valence-corrected chi connectivity index (χ3v) is 7.44. The Balaban J connectivity index is 0.00000462. The first-order valence-electron chi connectivity index (χ1n) is 12.3. The van der Waals surface area contributed by atoms with Gasteiger partial charge in [0, 0.05) is 18.7 Å². The lowest BCUT2D eigenvalue weighted by molar-refractivity contribution is -0.144. The summed E-state index contributed by atoms with van der Waals surface area (Å²) in [7, 11) is 0. The fourth-order valence-electron chi connectivity index (χ4n) is 4.34. The third-order valence-electron chi connectivity index (χ3n) is 6.22. The SMILES string of the molecule is Cl.O=CCCCNC(C(=O)O)N(C[C@H]1CN(c2ccc(N3CCOCC3=O)cc2F)C(=O)O1)C(=O)c1ccc(Cl)s1. The van der Waals surface area contributed by atoms with Gasteiger partial charge in [-0.05, 0) is 43.3 Å². The summed E-state index contributed by atoms with van der Waals surface area (Å²) in [6.45, 7) is 0.0997. The van der Waals surface area contributed by atoms with Crippen LogP contribution in [0.3, 0.4) is 0 Å². The lowest BCUT2D eigenvalue weighted by atomic mass is 10.2. The van der Waals surface area contributed by atoms with E-state index in [1.54, 1.807) is 0 Å². The number of aliphatic carboxylic acids is 1. The molecule has 1 aromatic heterocycles. The molecule has 0 aliphatic carbocycles. The lowest BCUT2D eigenvalue weighted by Gasteiger charge is -2.30. The number of hydrogen-bond donors (Lipinski definition) is 2. The Hall–Kier alpha value is -3.30. The molecule has 1 unspecified atom stereocenters. The number of benzene rings is 1. The highest BCUT2D eigenvalue weighted by molar-refractivity contribution is 7.18. The molecule has 0 saturated carbocycles. The van der Waals surface area contributed by atoms with Gasteiger partial charge in [0.05, 0.1) is 34.6 Å². The zero-order valence-corrected chi connectivity index (χ0v) is 23.9. The average Bonchev–Trinajstić information content (AvgIpc) is 3.52. The maximum Gasteiger partial charge on any atom is 0.414 e. The van der Waals surface area contributed by atoms with E-state index < -0.39 is 36.1 Å². The van der Waals surface area contributed by atoms with Gasteiger partial charge in [0.1, 0.15) is 24.8 Å². The van der Waals surface area contributed by atoms with Crippen molar-refractivity contribution in [3.05, 3.63) is 45.4 Å². The molecule has 0 radical (unpaired) electrons. The maximum atomic E-state index is 15.1. The smallest absolute Gasteiger partial charge is 0.414 e. The van der Waals surface area contributed by atoms with Crippen molar-refractivity contribution in [1.82, 2.24) is 10.2 Å². The number of ether oxygens (including phenoxy) is 2. The van der Waals surface area contributed by atoms with Crippen LogP contribution in [0.5, 0.6) is 0 Å². The van der Waals surface area contributed by atoms with Gasteiger partial charge in [0.2, 0.25) is 0 Å². The third kappa shape index (κ3) is 7.71. The molecule has 3 amide bonds. The number of thiophene rings is 1. The molecule has 2 aromatic rings. The second-order valence-electron chi connectivity index (χ2n) is 8.92. The standard InChI is InChI=1S/C25H26ClFN4O8S.ClH/c26-20-6-5-19(40-20)23(34)31(22(24(35)36)28-7-1-2-9-32)13-16-12-30(25(37)39-16)18-4-3-15(11-17(18)27)29-8-10-38-14-21(29)33;/h3-6,9,11,16,22,28H,1-2,7-8,10,12-14H2,(H,35,36);1H/t16-,22?;/m1./s1. The van der Waals surface area contributed by atoms with E-state index in [0.717, 1.165) is 27.2 Å². The highest BCUT2D eigenvalue weighted by Crippen LogP contribution is 2.30. The van der Waals surface area contributed by atoms with Crippen LogP contribution in [0, 0.1) is 5.82 Å². The fraction of sp³-hybridized carbons (Fsp3) is 0.400. The number of halogens is 3. The Morgan fingerprint density at radius 3 is 2.68 bits per heavy atom. The van der Waals surface area contributed by atoms with Crippen LogP contribution in [0.2, 0.25) is 4.34 Å². The van der Waals surface area contributed by atoms with Crippen LogP contribution in [-0.2, 0) is 23.9 Å². The summed E-state index contributed by atoms with van der Waals surface area (Å²) in [4.78, 5) is 64.6. The number of hydrogen-bond acceptors (Lipinski definition) is 9. The van der Waals surface area contributed by atoms with Crippen LogP contribution in [0.25, 0.3) is 0 Å². The quantitative estimate of drug-likeness (QED) is 0.205. The normalized spacial score (nSPS) is 17.6. The van der Waals surface area contributed by atoms with Gasteiger partial charge in [-0.2, -0.15) is 0 Å². The maximum absolute atomic E-state index is 15.1. The molecule has 2 atom stereocenters. The summed E-state index contributed by atoms with van der Waals surface area (Å²) < 4.78 is 25.9. The molecule has 2 aliphatic rings. The van der Waals surface area contributed by atoms with E-state index in [1.807, 2.05) is 0 Å². The van der Waals surface area contributed by atoms with E-state index in [-0.39, 0.29) is 68.1 Å². The predicted molar refractivity (Wildman–Crippen MR) is 150 cm³/mol. The van der Waals surface area contributed by atoms with Crippen molar-refractivity contribution in [1.29, 1.82) is 0 Å². The highest BCUT2D eigenvalue weighted by Gasteiger charge is 2.39. The van der Waals surface area contributed by atoms with Crippen molar-refractivity contribution in [2.24, 2.45) is 0 Å². The summed E-state index contributed by atoms with van der Waals surface area (Å²) in [6.07, 6.45) is -2.13. The van der Waals surface area contributed by atoms with Crippen molar-refractivity contribution in [3.63, 3.8) is 0 Å². The molecular formula is C25H27Cl2FN4O8S. The molecule has 3 heterocycles. The zero-order chi connectivity index (χ0) is 28.8. The number of carbonyl (C=O) groups excluding carboxylic acids is 4. The number of aldehydes is 1. The van der Waals surface area contributed by atoms with E-state index in [0.29, 0.717) is 29.3 Å². The minimum Gasteiger partial charge on any atom is -0.479 e. The van der Waals surface area contributed by atoms with Gasteiger partial charge in [-0.25, -0.2) is 14.0 Å². The van der Waals surface area contributed by atoms with Gasteiger partial charge >= 0.3 is 12.1 Å². The Morgan fingerprint density at radius 2 is 2.05 bits per heavy atom. The summed E-state index contributed by atoms with van der Waals surface area (Å²) in [5.41, 5.74) is 0.219. The van der Waals surface area contributed by atoms with Gasteiger partial charge in [-0.1, -0.05) is 11.6 Å². The first kappa shape index (κ1) is 32.2. The number of amides is 3. The summed E-state index contributed by atoms with van der Waals surface area (Å²) in [5.74, 6) is -3.10. The van der Waals surface area contributed by atoms with Crippen molar-refractivity contribution in [2.45, 2.75) is 25.1 Å². The number of cyclic esters (lactones) is 1. The molecule has 4 rings (SSSR count). The van der Waals surface area contributed by atoms with Crippen LogP contribution in [0.4, 0.5) is 20.6 Å². The Labute approximate surface area is 249 Å². The van der Waals surface area contributed by atoms with Gasteiger partial charge < -0.3 is 29.2 Å². The molecule has 12 nitrogen and oxygen atoms in total. The van der Waals surface area contributed by atoms with Crippen molar-refractivity contribution in [2.75, 3.05) is 49.2 Å². The average molecular weight is 633 g/mol. The second kappa shape index (κ2) is 14.5. The molecule has 16 heteroatoms. The molecule has 2 fully saturated rings. The van der Waals surface area contributed by atoms with Crippen LogP contribution in [0.15, 0.2) is 30.3 Å². The van der Waals surface area contributed by atoms with Crippen LogP contribution in [0.1, 0.15) is 22.5 Å². The van der Waals surface area contributed by atoms with Crippen molar-refractivity contribution in [3.8, 4) is 0 Å². The summed E-state index contributed by atoms with van der Waals surface area (Å²) in [5, 5.41) is 12.6. The van der Waals surface area contributed by atoms with Crippen molar-refractivity contribution < 1.29 is 42.9 Å². The Bertz CT molecular complexity index is 1300. The molecule has 1 aromatic carbocycles. The predicted octanol–water partition coefficient (Wildman–Crippen LogP) is 2.77. The molecule has 2 saturated heterocycles. The van der Waals surface area contributed by atoms with Crippen LogP contribution in [-0.4, -0.2) is 91.8 Å². The summed E-state index contributed by atoms with van der Waals surface area (Å²) in [6, 6.07) is 6.94. The van der Waals surface area contributed by atoms with Gasteiger partial charge in [-0.3, -0.25) is 19.8 Å². The van der Waals surface area contributed by atoms with E-state index in [2.05, 4.69) is 5.32 Å². The van der Waals surface area contributed by atoms with Gasteiger partial charge in [-0.15, -0.1) is 23.7 Å². The number of anilines is 2. The van der Waals surface area contributed by atoms with Gasteiger partial charge in [0.25, 0.3) is 11.8 Å². The Kier molecular flexibility index (Phi) is 11.4. The monoisotopic (exact) mass is 632 g/mol. The largest absolute Gasteiger partial charge is 0.479 e. The number of nitrogens with zero attached hydrogens (tertiary/aromatic N) is 3. The van der Waals surface area contributed by atoms with E-state index in [1.165, 1.54) is 29.2 Å². The molecule has 41 heavy (non-hydrogen) atoms. The topological polar surface area (TPSA) is 146 Å². The first-order valence-corrected chi connectivity index (χ1v) is 13.5. The van der Waals surface area contributed by atoms with Crippen molar-refractivity contribution >= 4 is 76.9 Å². The summed E-state index contributed by atoms with van der Waals surface area (Å²) >= 11 is 6.93. The lowest BCUT2D eigenvalue weighted by Crippen LogP contribution is -2.56. The molecule has 2 N–H and O–H groups in total. The van der Waals surface area contributed by atoms with E-state index in [9.17, 15) is 29.1 Å². The van der Waals surface area contributed by atoms with Crippen LogP contribution < -0.4 is 15.1 Å². The Morgan fingerprint density at radius 1 is 1.27 bits per heavy atom. The highest BCUT2D eigenvalue weighted by atomic mass is 35.5. The fourth-order valence-corrected chi connectivity index (χ4v) is 5.34. The number of nitrogens with one attached hydrogen (secondary N) is 1. The van der Waals surface area contributed by atoms with E-state index in [4.69, 9.17) is 21.1 Å². The number of morpholine rings is 1.